The van der Waals surface area contributed by atoms with E-state index in [1.165, 1.54) is 5.56 Å². The van der Waals surface area contributed by atoms with Gasteiger partial charge in [-0.2, -0.15) is 0 Å². The monoisotopic (exact) mass is 369 g/mol. The standard InChI is InChI=1S/C21H23NO3S/c1-5-17-10-11-18(14(2)12-17)19-8-6-7-9-21(19)26(23,24)13-20-15(3)16(4)22-25-20/h6-12H,5,13H2,1-4H3. The summed E-state index contributed by atoms with van der Waals surface area (Å²) in [5.41, 5.74) is 5.47. The van der Waals surface area contributed by atoms with E-state index in [2.05, 4.69) is 24.2 Å². The molecule has 136 valence electrons. The van der Waals surface area contributed by atoms with E-state index < -0.39 is 9.84 Å². The van der Waals surface area contributed by atoms with Gasteiger partial charge in [0.15, 0.2) is 15.6 Å². The third kappa shape index (κ3) is 3.44. The lowest BCUT2D eigenvalue weighted by atomic mass is 9.98. The summed E-state index contributed by atoms with van der Waals surface area (Å²) >= 11 is 0. The lowest BCUT2D eigenvalue weighted by molar-refractivity contribution is 0.388. The van der Waals surface area contributed by atoms with Crippen LogP contribution < -0.4 is 0 Å². The molecule has 0 unspecified atom stereocenters. The highest BCUT2D eigenvalue weighted by Gasteiger charge is 2.24. The number of rotatable bonds is 5. The highest BCUT2D eigenvalue weighted by molar-refractivity contribution is 7.90. The van der Waals surface area contributed by atoms with Gasteiger partial charge in [0.1, 0.15) is 5.75 Å². The molecule has 0 aliphatic heterocycles. The predicted octanol–water partition coefficient (Wildman–Crippen LogP) is 4.80. The van der Waals surface area contributed by atoms with Crippen LogP contribution in [0.25, 0.3) is 11.1 Å². The zero-order valence-electron chi connectivity index (χ0n) is 15.5. The maximum Gasteiger partial charge on any atom is 0.186 e. The largest absolute Gasteiger partial charge is 0.360 e. The van der Waals surface area contributed by atoms with E-state index in [1.54, 1.807) is 12.1 Å². The van der Waals surface area contributed by atoms with Gasteiger partial charge in [0, 0.05) is 11.1 Å². The molecule has 0 N–H and O–H groups in total. The van der Waals surface area contributed by atoms with E-state index in [0.29, 0.717) is 10.7 Å². The number of aromatic nitrogens is 1. The number of sulfone groups is 1. The van der Waals surface area contributed by atoms with Crippen LogP contribution in [0, 0.1) is 20.8 Å². The average molecular weight is 369 g/mol. The molecule has 0 aliphatic carbocycles. The van der Waals surface area contributed by atoms with Crippen molar-refractivity contribution in [2.75, 3.05) is 0 Å². The lowest BCUT2D eigenvalue weighted by Crippen LogP contribution is -2.07. The maximum atomic E-state index is 13.1. The first-order chi connectivity index (χ1) is 12.3. The maximum absolute atomic E-state index is 13.1. The Labute approximate surface area is 154 Å². The first kappa shape index (κ1) is 18.4. The third-order valence-corrected chi connectivity index (χ3v) is 6.45. The second-order valence-electron chi connectivity index (χ2n) is 6.57. The summed E-state index contributed by atoms with van der Waals surface area (Å²) in [7, 11) is -3.57. The quantitative estimate of drug-likeness (QED) is 0.648. The van der Waals surface area contributed by atoms with Crippen molar-refractivity contribution >= 4 is 9.84 Å². The Morgan fingerprint density at radius 2 is 1.73 bits per heavy atom. The van der Waals surface area contributed by atoms with E-state index in [0.717, 1.165) is 34.4 Å². The minimum atomic E-state index is -3.57. The molecule has 0 bridgehead atoms. The minimum Gasteiger partial charge on any atom is -0.360 e. The zero-order chi connectivity index (χ0) is 18.9. The zero-order valence-corrected chi connectivity index (χ0v) is 16.4. The molecule has 2 aromatic carbocycles. The number of hydrogen-bond donors (Lipinski definition) is 0. The molecule has 0 aliphatic rings. The summed E-state index contributed by atoms with van der Waals surface area (Å²) in [6.07, 6.45) is 0.950. The fraction of sp³-hybridized carbons (Fsp3) is 0.286. The number of nitrogens with zero attached hydrogens (tertiary/aromatic N) is 1. The molecule has 0 saturated carbocycles. The molecule has 3 rings (SSSR count). The Hall–Kier alpha value is -2.40. The normalized spacial score (nSPS) is 11.7. The van der Waals surface area contributed by atoms with Crippen LogP contribution in [-0.4, -0.2) is 13.6 Å². The molecule has 0 spiro atoms. The Morgan fingerprint density at radius 3 is 2.35 bits per heavy atom. The Bertz CT molecular complexity index is 1050. The van der Waals surface area contributed by atoms with Gasteiger partial charge < -0.3 is 4.52 Å². The van der Waals surface area contributed by atoms with Crippen LogP contribution in [0.2, 0.25) is 0 Å². The molecule has 0 saturated heterocycles. The van der Waals surface area contributed by atoms with Crippen molar-refractivity contribution in [1.82, 2.24) is 5.16 Å². The van der Waals surface area contributed by atoms with Crippen molar-refractivity contribution in [3.8, 4) is 11.1 Å². The molecule has 26 heavy (non-hydrogen) atoms. The van der Waals surface area contributed by atoms with Gasteiger partial charge in [0.2, 0.25) is 0 Å². The number of hydrogen-bond acceptors (Lipinski definition) is 4. The van der Waals surface area contributed by atoms with Crippen LogP contribution in [-0.2, 0) is 22.0 Å². The molecule has 0 amide bonds. The summed E-state index contributed by atoms with van der Waals surface area (Å²) in [4.78, 5) is 0.320. The fourth-order valence-corrected chi connectivity index (χ4v) is 4.62. The average Bonchev–Trinajstić information content (AvgIpc) is 2.93. The molecule has 0 radical (unpaired) electrons. The molecule has 0 fully saturated rings. The summed E-state index contributed by atoms with van der Waals surface area (Å²) in [5.74, 6) is 0.207. The van der Waals surface area contributed by atoms with Crippen LogP contribution in [0.3, 0.4) is 0 Å². The van der Waals surface area contributed by atoms with Crippen molar-refractivity contribution in [3.63, 3.8) is 0 Å². The van der Waals surface area contributed by atoms with Crippen molar-refractivity contribution < 1.29 is 12.9 Å². The van der Waals surface area contributed by atoms with Crippen LogP contribution in [0.1, 0.15) is 35.1 Å². The van der Waals surface area contributed by atoms with E-state index in [9.17, 15) is 8.42 Å². The van der Waals surface area contributed by atoms with Gasteiger partial charge in [-0.05, 0) is 49.9 Å². The SMILES string of the molecule is CCc1ccc(-c2ccccc2S(=O)(=O)Cc2onc(C)c2C)c(C)c1. The second-order valence-corrected chi connectivity index (χ2v) is 8.53. The van der Waals surface area contributed by atoms with Crippen LogP contribution in [0.4, 0.5) is 0 Å². The van der Waals surface area contributed by atoms with Crippen molar-refractivity contribution in [2.24, 2.45) is 0 Å². The van der Waals surface area contributed by atoms with Crippen molar-refractivity contribution in [3.05, 3.63) is 70.6 Å². The van der Waals surface area contributed by atoms with E-state index in [1.807, 2.05) is 39.0 Å². The molecule has 0 atom stereocenters. The molecule has 1 aromatic heterocycles. The fourth-order valence-electron chi connectivity index (χ4n) is 3.06. The molecular weight excluding hydrogens is 346 g/mol. The molecule has 3 aromatic rings. The number of benzene rings is 2. The Balaban J connectivity index is 2.08. The van der Waals surface area contributed by atoms with Gasteiger partial charge in [-0.3, -0.25) is 0 Å². The Morgan fingerprint density at radius 1 is 1.00 bits per heavy atom. The Kier molecular flexibility index (Phi) is 5.01. The van der Waals surface area contributed by atoms with Crippen molar-refractivity contribution in [1.29, 1.82) is 0 Å². The van der Waals surface area contributed by atoms with Crippen LogP contribution >= 0.6 is 0 Å². The van der Waals surface area contributed by atoms with Gasteiger partial charge in [-0.1, -0.05) is 48.5 Å². The first-order valence-electron chi connectivity index (χ1n) is 8.67. The lowest BCUT2D eigenvalue weighted by Gasteiger charge is -2.13. The smallest absolute Gasteiger partial charge is 0.186 e. The highest BCUT2D eigenvalue weighted by atomic mass is 32.2. The summed E-state index contributed by atoms with van der Waals surface area (Å²) in [5, 5.41) is 3.87. The molecule has 1 heterocycles. The van der Waals surface area contributed by atoms with E-state index >= 15 is 0 Å². The predicted molar refractivity (Wildman–Crippen MR) is 103 cm³/mol. The third-order valence-electron chi connectivity index (χ3n) is 4.79. The van der Waals surface area contributed by atoms with Crippen LogP contribution in [0.5, 0.6) is 0 Å². The van der Waals surface area contributed by atoms with Gasteiger partial charge in [0.05, 0.1) is 10.6 Å². The van der Waals surface area contributed by atoms with E-state index in [-0.39, 0.29) is 5.75 Å². The molecular formula is C21H23NO3S. The summed E-state index contributed by atoms with van der Waals surface area (Å²) in [6, 6.07) is 13.3. The van der Waals surface area contributed by atoms with Gasteiger partial charge >= 0.3 is 0 Å². The van der Waals surface area contributed by atoms with Gasteiger partial charge in [-0.15, -0.1) is 0 Å². The number of aryl methyl sites for hydroxylation is 3. The minimum absolute atomic E-state index is 0.192. The van der Waals surface area contributed by atoms with Crippen molar-refractivity contribution in [2.45, 2.75) is 44.8 Å². The summed E-state index contributed by atoms with van der Waals surface area (Å²) < 4.78 is 31.4. The highest BCUT2D eigenvalue weighted by Crippen LogP contribution is 2.32. The first-order valence-corrected chi connectivity index (χ1v) is 10.3. The van der Waals surface area contributed by atoms with Gasteiger partial charge in [0.25, 0.3) is 0 Å². The van der Waals surface area contributed by atoms with Crippen LogP contribution in [0.15, 0.2) is 51.9 Å². The molecule has 4 nitrogen and oxygen atoms in total. The summed E-state index contributed by atoms with van der Waals surface area (Å²) in [6.45, 7) is 7.76. The van der Waals surface area contributed by atoms with E-state index in [4.69, 9.17) is 4.52 Å². The van der Waals surface area contributed by atoms with Gasteiger partial charge in [-0.25, -0.2) is 8.42 Å². The second kappa shape index (κ2) is 7.08. The topological polar surface area (TPSA) is 60.2 Å². The molecule has 5 heteroatoms.